The Kier molecular flexibility index (Phi) is 8.06. The average Bonchev–Trinajstić information content (AvgIpc) is 2.68. The van der Waals surface area contributed by atoms with Crippen LogP contribution in [0.25, 0.3) is 0 Å². The first kappa shape index (κ1) is 20.7. The molecule has 2 fully saturated rings. The van der Waals surface area contributed by atoms with Crippen LogP contribution in [0.1, 0.15) is 87.7 Å². The maximum Gasteiger partial charge on any atom is 0.126 e. The molecule has 3 rings (SSSR count). The van der Waals surface area contributed by atoms with Crippen LogP contribution >= 0.6 is 0 Å². The second kappa shape index (κ2) is 10.5. The molecule has 1 nitrogen and oxygen atoms in total. The lowest BCUT2D eigenvalue weighted by Crippen LogP contribution is -2.23. The molecule has 0 saturated heterocycles. The van der Waals surface area contributed by atoms with Crippen LogP contribution in [0.4, 0.5) is 4.39 Å². The van der Waals surface area contributed by atoms with Crippen molar-refractivity contribution in [3.63, 3.8) is 0 Å². The van der Waals surface area contributed by atoms with E-state index in [1.807, 2.05) is 19.4 Å². The molecule has 1 aromatic rings. The summed E-state index contributed by atoms with van der Waals surface area (Å²) < 4.78 is 20.2. The molecule has 2 saturated carbocycles. The number of rotatable bonds is 8. The van der Waals surface area contributed by atoms with Crippen LogP contribution in [-0.4, -0.2) is 12.7 Å². The smallest absolute Gasteiger partial charge is 0.126 e. The maximum atomic E-state index is 14.2. The highest BCUT2D eigenvalue weighted by Gasteiger charge is 2.26. The molecule has 0 aromatic heterocycles. The van der Waals surface area contributed by atoms with Crippen LogP contribution in [-0.2, 0) is 4.74 Å². The van der Waals surface area contributed by atoms with Gasteiger partial charge in [-0.05, 0) is 93.2 Å². The lowest BCUT2D eigenvalue weighted by molar-refractivity contribution is 0.0181. The van der Waals surface area contributed by atoms with E-state index in [4.69, 9.17) is 4.74 Å². The van der Waals surface area contributed by atoms with Crippen molar-refractivity contribution in [3.8, 4) is 0 Å². The minimum Gasteiger partial charge on any atom is -0.381 e. The van der Waals surface area contributed by atoms with E-state index in [0.717, 1.165) is 48.8 Å². The van der Waals surface area contributed by atoms with E-state index in [1.54, 1.807) is 6.07 Å². The van der Waals surface area contributed by atoms with Gasteiger partial charge in [-0.25, -0.2) is 4.39 Å². The monoisotopic (exact) mass is 372 g/mol. The standard InChI is InChI=1S/C25H37FO/c1-3-4-17-27-23-14-10-21(11-15-23)7-6-20-8-12-22(13-9-20)24-16-5-19(2)18-25(24)26/h3,5,16,18,20-23H,1,4,6-15,17H2,2H3. The van der Waals surface area contributed by atoms with Gasteiger partial charge in [-0.1, -0.05) is 31.9 Å². The molecular weight excluding hydrogens is 335 g/mol. The molecule has 0 N–H and O–H groups in total. The number of ether oxygens (including phenoxy) is 1. The Hall–Kier alpha value is -1.02. The minimum absolute atomic E-state index is 0.00511. The third-order valence-electron chi connectivity index (χ3n) is 6.90. The van der Waals surface area contributed by atoms with Crippen molar-refractivity contribution < 1.29 is 9.13 Å². The van der Waals surface area contributed by atoms with Gasteiger partial charge in [0.15, 0.2) is 0 Å². The summed E-state index contributed by atoms with van der Waals surface area (Å²) in [6.07, 6.45) is 16.2. The van der Waals surface area contributed by atoms with Crippen LogP contribution in [0.2, 0.25) is 0 Å². The number of aryl methyl sites for hydroxylation is 1. The number of hydrogen-bond donors (Lipinski definition) is 0. The predicted molar refractivity (Wildman–Crippen MR) is 111 cm³/mol. The predicted octanol–water partition coefficient (Wildman–Crippen LogP) is 7.19. The van der Waals surface area contributed by atoms with Gasteiger partial charge in [0, 0.05) is 6.61 Å². The van der Waals surface area contributed by atoms with E-state index in [2.05, 4.69) is 13.0 Å². The van der Waals surface area contributed by atoms with E-state index in [-0.39, 0.29) is 5.82 Å². The fraction of sp³-hybridized carbons (Fsp3) is 0.680. The third-order valence-corrected chi connectivity index (χ3v) is 6.90. The van der Waals surface area contributed by atoms with Crippen LogP contribution in [0.5, 0.6) is 0 Å². The zero-order valence-electron chi connectivity index (χ0n) is 17.1. The van der Waals surface area contributed by atoms with Crippen LogP contribution < -0.4 is 0 Å². The molecule has 2 aliphatic rings. The number of unbranched alkanes of at least 4 members (excludes halogenated alkanes) is 1. The van der Waals surface area contributed by atoms with E-state index in [9.17, 15) is 4.39 Å². The Morgan fingerprint density at radius 2 is 1.63 bits per heavy atom. The summed E-state index contributed by atoms with van der Waals surface area (Å²) >= 11 is 0. The molecular formula is C25H37FO. The van der Waals surface area contributed by atoms with E-state index in [0.29, 0.717) is 12.0 Å². The molecule has 1 aromatic carbocycles. The Bertz CT molecular complexity index is 553. The average molecular weight is 373 g/mol. The van der Waals surface area contributed by atoms with Crippen molar-refractivity contribution in [1.29, 1.82) is 0 Å². The second-order valence-electron chi connectivity index (χ2n) is 8.91. The Morgan fingerprint density at radius 1 is 1.00 bits per heavy atom. The van der Waals surface area contributed by atoms with Gasteiger partial charge in [0.25, 0.3) is 0 Å². The number of halogens is 1. The molecule has 0 bridgehead atoms. The molecule has 0 amide bonds. The van der Waals surface area contributed by atoms with Gasteiger partial charge in [-0.2, -0.15) is 0 Å². The van der Waals surface area contributed by atoms with E-state index in [1.165, 1.54) is 51.4 Å². The lowest BCUT2D eigenvalue weighted by atomic mass is 9.75. The van der Waals surface area contributed by atoms with Gasteiger partial charge in [-0.15, -0.1) is 12.8 Å². The highest BCUT2D eigenvalue weighted by molar-refractivity contribution is 5.26. The topological polar surface area (TPSA) is 9.23 Å². The molecule has 0 radical (unpaired) electrons. The number of benzene rings is 1. The number of hydrogen-bond acceptors (Lipinski definition) is 1. The summed E-state index contributed by atoms with van der Waals surface area (Å²) in [5, 5.41) is 0. The Labute approximate surface area is 166 Å². The van der Waals surface area contributed by atoms with Crippen molar-refractivity contribution >= 4 is 0 Å². The summed E-state index contributed by atoms with van der Waals surface area (Å²) in [7, 11) is 0. The summed E-state index contributed by atoms with van der Waals surface area (Å²) in [6.45, 7) is 6.55. The van der Waals surface area contributed by atoms with Crippen molar-refractivity contribution in [2.24, 2.45) is 11.8 Å². The fourth-order valence-corrected chi connectivity index (χ4v) is 5.10. The van der Waals surface area contributed by atoms with Crippen LogP contribution in [0, 0.1) is 37.9 Å². The zero-order chi connectivity index (χ0) is 19.1. The van der Waals surface area contributed by atoms with Crippen molar-refractivity contribution in [2.75, 3.05) is 6.61 Å². The minimum atomic E-state index is 0.00511. The molecule has 0 aliphatic heterocycles. The van der Waals surface area contributed by atoms with Crippen molar-refractivity contribution in [2.45, 2.75) is 89.6 Å². The van der Waals surface area contributed by atoms with Crippen LogP contribution in [0.3, 0.4) is 0 Å². The first-order valence-corrected chi connectivity index (χ1v) is 11.1. The summed E-state index contributed by atoms with van der Waals surface area (Å²) in [5.41, 5.74) is 1.97. The fourth-order valence-electron chi connectivity index (χ4n) is 5.10. The summed E-state index contributed by atoms with van der Waals surface area (Å²) in [4.78, 5) is 0. The summed E-state index contributed by atoms with van der Waals surface area (Å²) in [5.74, 6) is 2.20. The maximum absolute atomic E-state index is 14.2. The Balaban J connectivity index is 1.33. The Morgan fingerprint density at radius 3 is 2.22 bits per heavy atom. The van der Waals surface area contributed by atoms with Gasteiger partial charge in [-0.3, -0.25) is 0 Å². The first-order valence-electron chi connectivity index (χ1n) is 11.1. The van der Waals surface area contributed by atoms with E-state index < -0.39 is 0 Å². The van der Waals surface area contributed by atoms with E-state index >= 15 is 0 Å². The molecule has 27 heavy (non-hydrogen) atoms. The highest BCUT2D eigenvalue weighted by atomic mass is 19.1. The second-order valence-corrected chi connectivity index (χ2v) is 8.91. The SMILES string of the molecule is [CH2+][CH-]CCOC1CCC(CCC2CCC(c3ccc(C)cc3F)CC2)CC1. The van der Waals surface area contributed by atoms with Crippen LogP contribution in [0.15, 0.2) is 18.2 Å². The molecule has 0 atom stereocenters. The van der Waals surface area contributed by atoms with Gasteiger partial charge in [0.1, 0.15) is 5.82 Å². The molecule has 0 spiro atoms. The normalized spacial score (nSPS) is 29.0. The van der Waals surface area contributed by atoms with Crippen molar-refractivity contribution in [3.05, 3.63) is 48.5 Å². The highest BCUT2D eigenvalue weighted by Crippen LogP contribution is 2.40. The zero-order valence-corrected chi connectivity index (χ0v) is 17.1. The molecule has 0 unspecified atom stereocenters. The van der Waals surface area contributed by atoms with Gasteiger partial charge >= 0.3 is 0 Å². The van der Waals surface area contributed by atoms with Gasteiger partial charge < -0.3 is 4.74 Å². The van der Waals surface area contributed by atoms with Gasteiger partial charge in [0.2, 0.25) is 0 Å². The molecule has 0 heterocycles. The molecule has 150 valence electrons. The quantitative estimate of drug-likeness (QED) is 0.346. The van der Waals surface area contributed by atoms with Gasteiger partial charge in [0.05, 0.1) is 6.10 Å². The first-order chi connectivity index (χ1) is 13.2. The molecule has 2 aliphatic carbocycles. The van der Waals surface area contributed by atoms with Crippen molar-refractivity contribution in [1.82, 2.24) is 0 Å². The largest absolute Gasteiger partial charge is 0.381 e. The summed E-state index contributed by atoms with van der Waals surface area (Å²) in [6, 6.07) is 5.77. The lowest BCUT2D eigenvalue weighted by Gasteiger charge is -2.32. The molecule has 2 heteroatoms. The third kappa shape index (κ3) is 6.24.